The maximum Gasteiger partial charge on any atom is 0.318 e. The highest BCUT2D eigenvalue weighted by molar-refractivity contribution is 5.68. The summed E-state index contributed by atoms with van der Waals surface area (Å²) in [6.07, 6.45) is 1.63. The van der Waals surface area contributed by atoms with E-state index in [9.17, 15) is 20.2 Å². The minimum absolute atomic E-state index is 0.0256. The van der Waals surface area contributed by atoms with Crippen molar-refractivity contribution in [3.05, 3.63) is 44.1 Å². The minimum Gasteiger partial charge on any atom is -0.497 e. The first kappa shape index (κ1) is 13.4. The summed E-state index contributed by atoms with van der Waals surface area (Å²) in [5.74, 6) is 0.280. The van der Waals surface area contributed by atoms with Crippen molar-refractivity contribution >= 4 is 11.8 Å². The number of nitro groups is 2. The molecule has 0 aliphatic carbocycles. The summed E-state index contributed by atoms with van der Waals surface area (Å²) in [5, 5.41) is 21.2. The molecule has 0 fully saturated rings. The molecule has 0 saturated carbocycles. The Balaban J connectivity index is 3.43. The average Bonchev–Trinajstić information content (AvgIpc) is 2.34. The topological polar surface area (TPSA) is 105 Å². The Labute approximate surface area is 102 Å². The molecule has 1 rings (SSSR count). The lowest BCUT2D eigenvalue weighted by molar-refractivity contribution is -0.401. The van der Waals surface area contributed by atoms with Gasteiger partial charge in [-0.3, -0.25) is 20.2 Å². The molecular weight excluding hydrogens is 244 g/mol. The van der Waals surface area contributed by atoms with E-state index < -0.39 is 9.85 Å². The highest BCUT2D eigenvalue weighted by Crippen LogP contribution is 2.35. The number of nitrogens with zero attached hydrogens (tertiary/aromatic N) is 2. The second-order valence-corrected chi connectivity index (χ2v) is 3.13. The van der Waals surface area contributed by atoms with Crippen LogP contribution in [0.5, 0.6) is 11.5 Å². The van der Waals surface area contributed by atoms with Crippen molar-refractivity contribution in [1.82, 2.24) is 0 Å². The molecule has 8 nitrogen and oxygen atoms in total. The molecule has 0 aliphatic rings. The molecule has 0 amide bonds. The van der Waals surface area contributed by atoms with Crippen molar-refractivity contribution in [2.24, 2.45) is 0 Å². The van der Waals surface area contributed by atoms with Gasteiger partial charge in [0.1, 0.15) is 5.75 Å². The van der Waals surface area contributed by atoms with E-state index in [1.165, 1.54) is 26.4 Å². The van der Waals surface area contributed by atoms with Gasteiger partial charge < -0.3 is 9.47 Å². The molecule has 0 heterocycles. The maximum absolute atomic E-state index is 10.9. The van der Waals surface area contributed by atoms with E-state index in [-0.39, 0.29) is 17.0 Å². The smallest absolute Gasteiger partial charge is 0.318 e. The summed E-state index contributed by atoms with van der Waals surface area (Å²) in [7, 11) is 2.64. The molecule has 0 bridgehead atoms. The molecule has 0 atom stereocenters. The van der Waals surface area contributed by atoms with Crippen LogP contribution in [0.3, 0.4) is 0 Å². The van der Waals surface area contributed by atoms with Crippen LogP contribution in [0, 0.1) is 20.2 Å². The fourth-order valence-corrected chi connectivity index (χ4v) is 1.34. The van der Waals surface area contributed by atoms with E-state index in [0.29, 0.717) is 11.9 Å². The third-order valence-corrected chi connectivity index (χ3v) is 2.09. The van der Waals surface area contributed by atoms with Gasteiger partial charge in [0.15, 0.2) is 0 Å². The lowest BCUT2D eigenvalue weighted by atomic mass is 10.1. The maximum atomic E-state index is 10.9. The van der Waals surface area contributed by atoms with Gasteiger partial charge in [-0.25, -0.2) is 0 Å². The average molecular weight is 254 g/mol. The molecule has 0 radical (unpaired) electrons. The molecule has 18 heavy (non-hydrogen) atoms. The molecule has 0 spiro atoms. The van der Waals surface area contributed by atoms with E-state index in [1.54, 1.807) is 0 Å². The van der Waals surface area contributed by atoms with Crippen molar-refractivity contribution in [3.63, 3.8) is 0 Å². The van der Waals surface area contributed by atoms with Crippen LogP contribution in [0.25, 0.3) is 6.08 Å². The van der Waals surface area contributed by atoms with Gasteiger partial charge in [-0.05, 0) is 6.07 Å². The van der Waals surface area contributed by atoms with Crippen LogP contribution in [-0.4, -0.2) is 24.1 Å². The SMILES string of the molecule is COc1cc(/C=C/[N+](=O)[O-])c([N+](=O)[O-])c(OC)c1. The third-order valence-electron chi connectivity index (χ3n) is 2.09. The summed E-state index contributed by atoms with van der Waals surface area (Å²) >= 11 is 0. The van der Waals surface area contributed by atoms with Crippen molar-refractivity contribution in [1.29, 1.82) is 0 Å². The first-order chi connectivity index (χ1) is 8.49. The Hall–Kier alpha value is -2.64. The van der Waals surface area contributed by atoms with E-state index in [1.807, 2.05) is 0 Å². The Morgan fingerprint density at radius 3 is 2.28 bits per heavy atom. The Morgan fingerprint density at radius 2 is 1.83 bits per heavy atom. The monoisotopic (exact) mass is 254 g/mol. The van der Waals surface area contributed by atoms with E-state index in [0.717, 1.165) is 6.08 Å². The minimum atomic E-state index is -0.713. The number of methoxy groups -OCH3 is 2. The molecule has 0 unspecified atom stereocenters. The van der Waals surface area contributed by atoms with Crippen LogP contribution < -0.4 is 9.47 Å². The number of nitro benzene ring substituents is 1. The number of ether oxygens (including phenoxy) is 2. The van der Waals surface area contributed by atoms with Crippen molar-refractivity contribution in [3.8, 4) is 11.5 Å². The Morgan fingerprint density at radius 1 is 1.17 bits per heavy atom. The largest absolute Gasteiger partial charge is 0.497 e. The first-order valence-corrected chi connectivity index (χ1v) is 4.71. The lowest BCUT2D eigenvalue weighted by Crippen LogP contribution is -1.98. The number of rotatable bonds is 5. The zero-order valence-electron chi connectivity index (χ0n) is 9.65. The summed E-state index contributed by atoms with van der Waals surface area (Å²) in [6.45, 7) is 0. The predicted octanol–water partition coefficient (Wildman–Crippen LogP) is 1.86. The molecule has 8 heteroatoms. The summed E-state index contributed by atoms with van der Waals surface area (Å²) in [6, 6.07) is 2.66. The predicted molar refractivity (Wildman–Crippen MR) is 62.2 cm³/mol. The van der Waals surface area contributed by atoms with Gasteiger partial charge in [0.2, 0.25) is 11.9 Å². The van der Waals surface area contributed by atoms with Crippen LogP contribution in [0.15, 0.2) is 18.3 Å². The van der Waals surface area contributed by atoms with E-state index >= 15 is 0 Å². The van der Waals surface area contributed by atoms with Gasteiger partial charge in [0.25, 0.3) is 0 Å². The van der Waals surface area contributed by atoms with Gasteiger partial charge in [-0.1, -0.05) is 0 Å². The second kappa shape index (κ2) is 5.62. The van der Waals surface area contributed by atoms with Crippen LogP contribution in [0.1, 0.15) is 5.56 Å². The van der Waals surface area contributed by atoms with Crippen LogP contribution >= 0.6 is 0 Å². The number of hydrogen-bond acceptors (Lipinski definition) is 6. The van der Waals surface area contributed by atoms with Gasteiger partial charge >= 0.3 is 5.69 Å². The van der Waals surface area contributed by atoms with Crippen LogP contribution in [0.2, 0.25) is 0 Å². The van der Waals surface area contributed by atoms with Gasteiger partial charge in [-0.15, -0.1) is 0 Å². The zero-order valence-corrected chi connectivity index (χ0v) is 9.65. The number of hydrogen-bond donors (Lipinski definition) is 0. The number of benzene rings is 1. The summed E-state index contributed by atoms with van der Waals surface area (Å²) < 4.78 is 9.80. The molecule has 96 valence electrons. The first-order valence-electron chi connectivity index (χ1n) is 4.71. The molecule has 1 aromatic rings. The molecular formula is C10H10N2O6. The van der Waals surface area contributed by atoms with Crippen LogP contribution in [-0.2, 0) is 0 Å². The zero-order chi connectivity index (χ0) is 13.7. The fraction of sp³-hybridized carbons (Fsp3) is 0.200. The Bertz CT molecular complexity index is 511. The second-order valence-electron chi connectivity index (χ2n) is 3.13. The van der Waals surface area contributed by atoms with Crippen molar-refractivity contribution in [2.75, 3.05) is 14.2 Å². The van der Waals surface area contributed by atoms with Crippen molar-refractivity contribution < 1.29 is 19.3 Å². The molecule has 1 aromatic carbocycles. The van der Waals surface area contributed by atoms with Crippen LogP contribution in [0.4, 0.5) is 5.69 Å². The van der Waals surface area contributed by atoms with E-state index in [4.69, 9.17) is 9.47 Å². The molecule has 0 aliphatic heterocycles. The Kier molecular flexibility index (Phi) is 4.19. The van der Waals surface area contributed by atoms with Gasteiger partial charge in [-0.2, -0.15) is 0 Å². The van der Waals surface area contributed by atoms with Crippen molar-refractivity contribution in [2.45, 2.75) is 0 Å². The molecule has 0 N–H and O–H groups in total. The highest BCUT2D eigenvalue weighted by atomic mass is 16.6. The quantitative estimate of drug-likeness (QED) is 0.586. The molecule has 0 aromatic heterocycles. The van der Waals surface area contributed by atoms with Gasteiger partial charge in [0, 0.05) is 12.1 Å². The standard InChI is InChI=1S/C10H10N2O6/c1-17-8-5-7(3-4-11(13)14)10(12(15)16)9(6-8)18-2/h3-6H,1-2H3/b4-3+. The third kappa shape index (κ3) is 2.94. The highest BCUT2D eigenvalue weighted by Gasteiger charge is 2.21. The summed E-state index contributed by atoms with van der Waals surface area (Å²) in [4.78, 5) is 19.8. The van der Waals surface area contributed by atoms with Gasteiger partial charge in [0.05, 0.1) is 29.6 Å². The summed E-state index contributed by atoms with van der Waals surface area (Å²) in [5.41, 5.74) is -0.315. The fourth-order valence-electron chi connectivity index (χ4n) is 1.34. The normalized spacial score (nSPS) is 10.3. The van der Waals surface area contributed by atoms with E-state index in [2.05, 4.69) is 0 Å². The molecule has 0 saturated heterocycles. The lowest BCUT2D eigenvalue weighted by Gasteiger charge is -2.07.